The van der Waals surface area contributed by atoms with E-state index in [2.05, 4.69) is 15.9 Å². The second-order valence-corrected chi connectivity index (χ2v) is 5.58. The zero-order valence-electron chi connectivity index (χ0n) is 9.23. The number of halogens is 6. The second-order valence-electron chi connectivity index (χ2n) is 3.82. The summed E-state index contributed by atoms with van der Waals surface area (Å²) >= 11 is 15.0. The molecule has 0 aliphatic rings. The van der Waals surface area contributed by atoms with Gasteiger partial charge in [-0.25, -0.2) is 13.2 Å². The molecule has 19 heavy (non-hydrogen) atoms. The molecule has 1 unspecified atom stereocenters. The van der Waals surface area contributed by atoms with Crippen LogP contribution in [0.2, 0.25) is 10.0 Å². The van der Waals surface area contributed by atoms with E-state index in [-0.39, 0.29) is 5.56 Å². The highest BCUT2D eigenvalue weighted by atomic mass is 79.9. The van der Waals surface area contributed by atoms with Crippen LogP contribution in [0.3, 0.4) is 0 Å². The van der Waals surface area contributed by atoms with Crippen LogP contribution in [0.15, 0.2) is 30.3 Å². The molecule has 0 saturated carbocycles. The van der Waals surface area contributed by atoms with Crippen LogP contribution in [-0.2, 0) is 0 Å². The Morgan fingerprint density at radius 3 is 2.11 bits per heavy atom. The van der Waals surface area contributed by atoms with Crippen molar-refractivity contribution in [3.8, 4) is 0 Å². The van der Waals surface area contributed by atoms with Crippen molar-refractivity contribution in [3.05, 3.63) is 69.0 Å². The molecule has 2 aromatic carbocycles. The van der Waals surface area contributed by atoms with E-state index in [0.29, 0.717) is 21.7 Å². The summed E-state index contributed by atoms with van der Waals surface area (Å²) in [6.45, 7) is 0. The van der Waals surface area contributed by atoms with Crippen LogP contribution in [0.1, 0.15) is 16.0 Å². The molecule has 100 valence electrons. The van der Waals surface area contributed by atoms with Crippen molar-refractivity contribution in [2.24, 2.45) is 0 Å². The summed E-state index contributed by atoms with van der Waals surface area (Å²) in [4.78, 5) is -0.702. The van der Waals surface area contributed by atoms with Crippen LogP contribution in [0.25, 0.3) is 0 Å². The normalized spacial score (nSPS) is 12.5. The minimum atomic E-state index is -1.23. The first-order chi connectivity index (χ1) is 8.90. The smallest absolute Gasteiger partial charge is 0.161 e. The number of hydrogen-bond donors (Lipinski definition) is 0. The standard InChI is InChI=1S/C13H6BrCl2F3/c14-13(7-2-1-6(15)3-9(7)16)8-4-11(18)12(19)5-10(8)17/h1-5,13H. The van der Waals surface area contributed by atoms with Gasteiger partial charge in [-0.1, -0.05) is 45.2 Å². The lowest BCUT2D eigenvalue weighted by Gasteiger charge is -2.14. The van der Waals surface area contributed by atoms with Gasteiger partial charge >= 0.3 is 0 Å². The number of alkyl halides is 1. The third kappa shape index (κ3) is 3.07. The summed E-state index contributed by atoms with van der Waals surface area (Å²) in [5, 5.41) is 0.734. The molecule has 0 aliphatic heterocycles. The predicted octanol–water partition coefficient (Wildman–Crippen LogP) is 5.90. The van der Waals surface area contributed by atoms with Crippen LogP contribution in [0, 0.1) is 17.5 Å². The molecule has 0 bridgehead atoms. The van der Waals surface area contributed by atoms with Crippen molar-refractivity contribution in [2.45, 2.75) is 4.83 Å². The van der Waals surface area contributed by atoms with Crippen LogP contribution in [0.4, 0.5) is 13.2 Å². The van der Waals surface area contributed by atoms with Gasteiger partial charge in [0.2, 0.25) is 0 Å². The minimum Gasteiger partial charge on any atom is -0.207 e. The zero-order chi connectivity index (χ0) is 14.2. The topological polar surface area (TPSA) is 0 Å². The van der Waals surface area contributed by atoms with E-state index in [1.807, 2.05) is 0 Å². The molecular formula is C13H6BrCl2F3. The highest BCUT2D eigenvalue weighted by Crippen LogP contribution is 2.37. The molecule has 0 saturated heterocycles. The molecule has 0 spiro atoms. The number of rotatable bonds is 2. The molecular weight excluding hydrogens is 364 g/mol. The SMILES string of the molecule is Fc1cc(F)c(C(Br)c2ccc(Cl)cc2Cl)cc1F. The Hall–Kier alpha value is -0.710. The lowest BCUT2D eigenvalue weighted by Crippen LogP contribution is -2.00. The average molecular weight is 370 g/mol. The van der Waals surface area contributed by atoms with E-state index in [9.17, 15) is 13.2 Å². The summed E-state index contributed by atoms with van der Waals surface area (Å²) in [5.74, 6) is -3.21. The van der Waals surface area contributed by atoms with Gasteiger partial charge in [-0.05, 0) is 23.8 Å². The summed E-state index contributed by atoms with van der Waals surface area (Å²) in [5.41, 5.74) is 0.471. The molecule has 0 radical (unpaired) electrons. The lowest BCUT2D eigenvalue weighted by molar-refractivity contribution is 0.491. The maximum Gasteiger partial charge on any atom is 0.161 e. The maximum atomic E-state index is 13.7. The maximum absolute atomic E-state index is 13.7. The predicted molar refractivity (Wildman–Crippen MR) is 73.5 cm³/mol. The first kappa shape index (κ1) is 14.7. The lowest BCUT2D eigenvalue weighted by atomic mass is 10.0. The minimum absolute atomic E-state index is 0.0388. The third-order valence-electron chi connectivity index (χ3n) is 2.55. The van der Waals surface area contributed by atoms with E-state index in [0.717, 1.165) is 6.07 Å². The molecule has 2 aromatic rings. The van der Waals surface area contributed by atoms with Crippen LogP contribution >= 0.6 is 39.1 Å². The highest BCUT2D eigenvalue weighted by molar-refractivity contribution is 9.09. The molecule has 0 aliphatic carbocycles. The van der Waals surface area contributed by atoms with Gasteiger partial charge in [-0.3, -0.25) is 0 Å². The first-order valence-electron chi connectivity index (χ1n) is 5.13. The second kappa shape index (κ2) is 5.73. The van der Waals surface area contributed by atoms with Gasteiger partial charge in [-0.15, -0.1) is 0 Å². The van der Waals surface area contributed by atoms with E-state index in [1.54, 1.807) is 12.1 Å². The fourth-order valence-corrected chi connectivity index (χ4v) is 3.01. The monoisotopic (exact) mass is 368 g/mol. The third-order valence-corrected chi connectivity index (χ3v) is 4.10. The van der Waals surface area contributed by atoms with E-state index < -0.39 is 22.3 Å². The van der Waals surface area contributed by atoms with Crippen LogP contribution < -0.4 is 0 Å². The molecule has 1 atom stereocenters. The number of hydrogen-bond acceptors (Lipinski definition) is 0. The van der Waals surface area contributed by atoms with Crippen molar-refractivity contribution in [3.63, 3.8) is 0 Å². The van der Waals surface area contributed by atoms with Crippen molar-refractivity contribution >= 4 is 39.1 Å². The van der Waals surface area contributed by atoms with Crippen LogP contribution in [0.5, 0.6) is 0 Å². The van der Waals surface area contributed by atoms with Crippen molar-refractivity contribution in [2.75, 3.05) is 0 Å². The Labute approximate surface area is 126 Å². The van der Waals surface area contributed by atoms with Gasteiger partial charge in [0.1, 0.15) is 5.82 Å². The molecule has 0 amide bonds. The fourth-order valence-electron chi connectivity index (χ4n) is 1.61. The fraction of sp³-hybridized carbons (Fsp3) is 0.0769. The quantitative estimate of drug-likeness (QED) is 0.457. The first-order valence-corrected chi connectivity index (χ1v) is 6.80. The van der Waals surface area contributed by atoms with Gasteiger partial charge in [-0.2, -0.15) is 0 Å². The van der Waals surface area contributed by atoms with Gasteiger partial charge in [0.15, 0.2) is 11.6 Å². The largest absolute Gasteiger partial charge is 0.207 e. The molecule has 0 fully saturated rings. The molecule has 0 N–H and O–H groups in total. The molecule has 6 heteroatoms. The van der Waals surface area contributed by atoms with Gasteiger partial charge < -0.3 is 0 Å². The Balaban J connectivity index is 2.49. The number of benzene rings is 2. The Bertz CT molecular complexity index is 632. The summed E-state index contributed by atoms with van der Waals surface area (Å²) < 4.78 is 39.7. The summed E-state index contributed by atoms with van der Waals surface area (Å²) in [7, 11) is 0. The Morgan fingerprint density at radius 1 is 0.842 bits per heavy atom. The molecule has 0 nitrogen and oxygen atoms in total. The summed E-state index contributed by atoms with van der Waals surface area (Å²) in [6, 6.07) is 5.96. The van der Waals surface area contributed by atoms with Crippen molar-refractivity contribution < 1.29 is 13.2 Å². The highest BCUT2D eigenvalue weighted by Gasteiger charge is 2.20. The van der Waals surface area contributed by atoms with E-state index in [4.69, 9.17) is 23.2 Å². The van der Waals surface area contributed by atoms with Crippen molar-refractivity contribution in [1.82, 2.24) is 0 Å². The Morgan fingerprint density at radius 2 is 1.47 bits per heavy atom. The summed E-state index contributed by atoms with van der Waals surface area (Å²) in [6.07, 6.45) is 0. The van der Waals surface area contributed by atoms with E-state index in [1.165, 1.54) is 6.07 Å². The van der Waals surface area contributed by atoms with Gasteiger partial charge in [0.25, 0.3) is 0 Å². The molecule has 2 rings (SSSR count). The molecule has 0 heterocycles. The van der Waals surface area contributed by atoms with Gasteiger partial charge in [0, 0.05) is 21.7 Å². The Kier molecular flexibility index (Phi) is 4.43. The van der Waals surface area contributed by atoms with Gasteiger partial charge in [0.05, 0.1) is 4.83 Å². The van der Waals surface area contributed by atoms with Crippen molar-refractivity contribution in [1.29, 1.82) is 0 Å². The average Bonchev–Trinajstić information content (AvgIpc) is 2.33. The zero-order valence-corrected chi connectivity index (χ0v) is 12.3. The van der Waals surface area contributed by atoms with Crippen LogP contribution in [-0.4, -0.2) is 0 Å². The molecule has 0 aromatic heterocycles. The van der Waals surface area contributed by atoms with E-state index >= 15 is 0 Å².